The van der Waals surface area contributed by atoms with E-state index in [2.05, 4.69) is 24.0 Å². The van der Waals surface area contributed by atoms with Crippen molar-refractivity contribution in [1.29, 1.82) is 0 Å². The second-order valence-corrected chi connectivity index (χ2v) is 4.29. The van der Waals surface area contributed by atoms with Crippen LogP contribution in [0, 0.1) is 0 Å². The summed E-state index contributed by atoms with van der Waals surface area (Å²) in [5.41, 5.74) is 5.55. The van der Waals surface area contributed by atoms with Gasteiger partial charge < -0.3 is 5.73 Å². The van der Waals surface area contributed by atoms with E-state index in [9.17, 15) is 0 Å². The maximum Gasteiger partial charge on any atom is 0.203 e. The summed E-state index contributed by atoms with van der Waals surface area (Å²) in [6.07, 6.45) is 4.79. The molecule has 1 aromatic heterocycles. The maximum atomic E-state index is 5.55. The van der Waals surface area contributed by atoms with E-state index >= 15 is 0 Å². The normalized spacial score (nSPS) is 11.0. The molecule has 0 saturated carbocycles. The molecule has 13 heavy (non-hydrogen) atoms. The van der Waals surface area contributed by atoms with Gasteiger partial charge in [0.15, 0.2) is 0 Å². The third-order valence-electron chi connectivity index (χ3n) is 2.08. The van der Waals surface area contributed by atoms with Gasteiger partial charge >= 0.3 is 0 Å². The lowest BCUT2D eigenvalue weighted by atomic mass is 9.99. The lowest BCUT2D eigenvalue weighted by Gasteiger charge is -2.10. The Bertz CT molecular complexity index is 241. The molecule has 0 radical (unpaired) electrons. The molecule has 0 aromatic carbocycles. The molecule has 0 aliphatic rings. The van der Waals surface area contributed by atoms with Gasteiger partial charge in [0.2, 0.25) is 5.13 Å². The van der Waals surface area contributed by atoms with Crippen molar-refractivity contribution in [2.45, 2.75) is 45.4 Å². The minimum atomic E-state index is 0.574. The molecule has 0 aliphatic heterocycles. The van der Waals surface area contributed by atoms with Gasteiger partial charge in [-0.2, -0.15) is 0 Å². The number of nitrogen functional groups attached to an aromatic ring is 1. The average Bonchev–Trinajstić information content (AvgIpc) is 2.51. The molecular formula is C9H17N3S. The third kappa shape index (κ3) is 2.95. The Balaban J connectivity index is 2.63. The second-order valence-electron chi connectivity index (χ2n) is 3.25. The van der Waals surface area contributed by atoms with Gasteiger partial charge in [-0.25, -0.2) is 0 Å². The van der Waals surface area contributed by atoms with Gasteiger partial charge in [-0.05, 0) is 12.8 Å². The monoisotopic (exact) mass is 199 g/mol. The van der Waals surface area contributed by atoms with E-state index < -0.39 is 0 Å². The Labute approximate surface area is 83.4 Å². The fraction of sp³-hybridized carbons (Fsp3) is 0.778. The van der Waals surface area contributed by atoms with Crippen LogP contribution in [0.1, 0.15) is 50.5 Å². The molecule has 0 fully saturated rings. The van der Waals surface area contributed by atoms with Crippen molar-refractivity contribution in [3.63, 3.8) is 0 Å². The van der Waals surface area contributed by atoms with Gasteiger partial charge in [-0.1, -0.05) is 38.0 Å². The Hall–Kier alpha value is -0.640. The minimum Gasteiger partial charge on any atom is -0.374 e. The van der Waals surface area contributed by atoms with Crippen molar-refractivity contribution in [1.82, 2.24) is 10.2 Å². The fourth-order valence-electron chi connectivity index (χ4n) is 1.50. The number of nitrogens with two attached hydrogens (primary N) is 1. The molecule has 2 N–H and O–H groups in total. The summed E-state index contributed by atoms with van der Waals surface area (Å²) in [7, 11) is 0. The summed E-state index contributed by atoms with van der Waals surface area (Å²) in [6, 6.07) is 0. The largest absolute Gasteiger partial charge is 0.374 e. The first-order chi connectivity index (χ1) is 6.27. The summed E-state index contributed by atoms with van der Waals surface area (Å²) < 4.78 is 0. The van der Waals surface area contributed by atoms with Gasteiger partial charge in [0.25, 0.3) is 0 Å². The van der Waals surface area contributed by atoms with Gasteiger partial charge in [0.05, 0.1) is 0 Å². The first-order valence-corrected chi connectivity index (χ1v) is 5.68. The first kappa shape index (κ1) is 10.4. The Morgan fingerprint density at radius 1 is 1.23 bits per heavy atom. The van der Waals surface area contributed by atoms with Crippen LogP contribution in [0.2, 0.25) is 0 Å². The quantitative estimate of drug-likeness (QED) is 0.793. The molecule has 4 heteroatoms. The number of aromatic nitrogens is 2. The van der Waals surface area contributed by atoms with Crippen molar-refractivity contribution in [2.75, 3.05) is 5.73 Å². The zero-order valence-electron chi connectivity index (χ0n) is 8.29. The number of hydrogen-bond donors (Lipinski definition) is 1. The molecule has 0 amide bonds. The lowest BCUT2D eigenvalue weighted by Crippen LogP contribution is -1.97. The van der Waals surface area contributed by atoms with Crippen LogP contribution in [-0.2, 0) is 0 Å². The topological polar surface area (TPSA) is 51.8 Å². The highest BCUT2D eigenvalue weighted by atomic mass is 32.1. The van der Waals surface area contributed by atoms with Crippen molar-refractivity contribution >= 4 is 16.5 Å². The lowest BCUT2D eigenvalue weighted by molar-refractivity contribution is 0.554. The molecule has 74 valence electrons. The maximum absolute atomic E-state index is 5.55. The Kier molecular flexibility index (Phi) is 4.15. The SMILES string of the molecule is CCCC(CCC)c1nnc(N)s1. The van der Waals surface area contributed by atoms with Gasteiger partial charge in [-0.15, -0.1) is 10.2 Å². The van der Waals surface area contributed by atoms with Crippen molar-refractivity contribution < 1.29 is 0 Å². The molecule has 0 aliphatic carbocycles. The van der Waals surface area contributed by atoms with E-state index in [0.717, 1.165) is 5.01 Å². The molecule has 0 unspecified atom stereocenters. The standard InChI is InChI=1S/C9H17N3S/c1-3-5-7(6-4-2)8-11-12-9(10)13-8/h7H,3-6H2,1-2H3,(H2,10,12). The third-order valence-corrected chi connectivity index (χ3v) is 2.99. The predicted octanol–water partition coefficient (Wildman–Crippen LogP) is 2.80. The van der Waals surface area contributed by atoms with Crippen LogP contribution in [0.15, 0.2) is 0 Å². The van der Waals surface area contributed by atoms with Crippen molar-refractivity contribution in [2.24, 2.45) is 0 Å². The van der Waals surface area contributed by atoms with Crippen molar-refractivity contribution in [3.8, 4) is 0 Å². The highest BCUT2D eigenvalue weighted by Gasteiger charge is 2.13. The zero-order chi connectivity index (χ0) is 9.68. The van der Waals surface area contributed by atoms with Gasteiger partial charge in [0, 0.05) is 5.92 Å². The van der Waals surface area contributed by atoms with Gasteiger partial charge in [-0.3, -0.25) is 0 Å². The van der Waals surface area contributed by atoms with E-state index in [1.165, 1.54) is 37.0 Å². The van der Waals surface area contributed by atoms with E-state index in [1.54, 1.807) is 0 Å². The second kappa shape index (κ2) is 5.17. The fourth-order valence-corrected chi connectivity index (χ4v) is 2.28. The van der Waals surface area contributed by atoms with Gasteiger partial charge in [0.1, 0.15) is 5.01 Å². The van der Waals surface area contributed by atoms with E-state index in [-0.39, 0.29) is 0 Å². The number of anilines is 1. The minimum absolute atomic E-state index is 0.574. The van der Waals surface area contributed by atoms with Crippen LogP contribution >= 0.6 is 11.3 Å². The highest BCUT2D eigenvalue weighted by Crippen LogP contribution is 2.29. The summed E-state index contributed by atoms with van der Waals surface area (Å²) in [5.74, 6) is 0.574. The molecule has 0 atom stereocenters. The first-order valence-electron chi connectivity index (χ1n) is 4.86. The molecule has 0 spiro atoms. The highest BCUT2D eigenvalue weighted by molar-refractivity contribution is 7.15. The number of nitrogens with zero attached hydrogens (tertiary/aromatic N) is 2. The van der Waals surface area contributed by atoms with Crippen LogP contribution in [0.5, 0.6) is 0 Å². The Morgan fingerprint density at radius 3 is 2.23 bits per heavy atom. The van der Waals surface area contributed by atoms with Crippen LogP contribution in [0.4, 0.5) is 5.13 Å². The molecule has 1 heterocycles. The number of hydrogen-bond acceptors (Lipinski definition) is 4. The zero-order valence-corrected chi connectivity index (χ0v) is 9.10. The summed E-state index contributed by atoms with van der Waals surface area (Å²) in [5, 5.41) is 9.65. The molecule has 0 bridgehead atoms. The number of rotatable bonds is 5. The Morgan fingerprint density at radius 2 is 1.85 bits per heavy atom. The molecule has 3 nitrogen and oxygen atoms in total. The summed E-state index contributed by atoms with van der Waals surface area (Å²) in [4.78, 5) is 0. The van der Waals surface area contributed by atoms with E-state index in [1.807, 2.05) is 0 Å². The summed E-state index contributed by atoms with van der Waals surface area (Å²) in [6.45, 7) is 4.40. The van der Waals surface area contributed by atoms with E-state index in [4.69, 9.17) is 5.73 Å². The smallest absolute Gasteiger partial charge is 0.203 e. The van der Waals surface area contributed by atoms with Crippen molar-refractivity contribution in [3.05, 3.63) is 5.01 Å². The van der Waals surface area contributed by atoms with Crippen LogP contribution in [0.25, 0.3) is 0 Å². The molecule has 1 aromatic rings. The van der Waals surface area contributed by atoms with Crippen LogP contribution < -0.4 is 5.73 Å². The molecular weight excluding hydrogens is 182 g/mol. The molecule has 1 rings (SSSR count). The van der Waals surface area contributed by atoms with Crippen LogP contribution in [-0.4, -0.2) is 10.2 Å². The van der Waals surface area contributed by atoms with Crippen LogP contribution in [0.3, 0.4) is 0 Å². The molecule has 0 saturated heterocycles. The predicted molar refractivity (Wildman–Crippen MR) is 56.9 cm³/mol. The average molecular weight is 199 g/mol. The van der Waals surface area contributed by atoms with E-state index in [0.29, 0.717) is 11.0 Å². The summed E-state index contributed by atoms with van der Waals surface area (Å²) >= 11 is 1.53.